The van der Waals surface area contributed by atoms with Crippen molar-refractivity contribution in [3.8, 4) is 17.6 Å². The number of hydrogen-bond acceptors (Lipinski definition) is 5. The van der Waals surface area contributed by atoms with Gasteiger partial charge < -0.3 is 20.1 Å². The van der Waals surface area contributed by atoms with Crippen molar-refractivity contribution in [3.05, 3.63) is 82.3 Å². The number of nitrogens with one attached hydrogen (secondary N) is 2. The number of nitriles is 1. The lowest BCUT2D eigenvalue weighted by molar-refractivity contribution is -0.123. The average Bonchev–Trinajstić information content (AvgIpc) is 3.62. The maximum absolute atomic E-state index is 13.2. The van der Waals surface area contributed by atoms with Crippen LogP contribution < -0.4 is 20.1 Å². The largest absolute Gasteiger partial charge is 0.489 e. The molecule has 2 N–H and O–H groups in total. The zero-order valence-electron chi connectivity index (χ0n) is 19.0. The van der Waals surface area contributed by atoms with Crippen LogP contribution in [-0.2, 0) is 11.2 Å². The van der Waals surface area contributed by atoms with Gasteiger partial charge in [-0.25, -0.2) is 0 Å². The van der Waals surface area contributed by atoms with Gasteiger partial charge in [0.05, 0.1) is 16.7 Å². The summed E-state index contributed by atoms with van der Waals surface area (Å²) in [7, 11) is 0. The third kappa shape index (κ3) is 7.10. The number of carbonyl (C=O) groups is 2. The van der Waals surface area contributed by atoms with Gasteiger partial charge in [-0.3, -0.25) is 9.59 Å². The highest BCUT2D eigenvalue weighted by Crippen LogP contribution is 2.34. The van der Waals surface area contributed by atoms with Gasteiger partial charge in [-0.15, -0.1) is 0 Å². The third-order valence-electron chi connectivity index (χ3n) is 5.28. The summed E-state index contributed by atoms with van der Waals surface area (Å²) >= 11 is 9.70. The summed E-state index contributed by atoms with van der Waals surface area (Å²) in [5.74, 6) is -0.111. The van der Waals surface area contributed by atoms with E-state index in [0.717, 1.165) is 0 Å². The van der Waals surface area contributed by atoms with Crippen molar-refractivity contribution in [2.75, 3.05) is 13.2 Å². The molecule has 0 bridgehead atoms. The zero-order chi connectivity index (χ0) is 25.4. The number of nitrogens with zero attached hydrogens (tertiary/aromatic N) is 1. The molecule has 3 rings (SSSR count). The first kappa shape index (κ1) is 26.3. The van der Waals surface area contributed by atoms with Gasteiger partial charge in [0.15, 0.2) is 0 Å². The van der Waals surface area contributed by atoms with Crippen molar-refractivity contribution in [1.82, 2.24) is 10.6 Å². The van der Waals surface area contributed by atoms with Gasteiger partial charge in [0.1, 0.15) is 36.3 Å². The van der Waals surface area contributed by atoms with Crippen molar-refractivity contribution in [3.63, 3.8) is 0 Å². The molecular formula is C26H25BrClN3O4. The van der Waals surface area contributed by atoms with Gasteiger partial charge in [-0.05, 0) is 48.7 Å². The van der Waals surface area contributed by atoms with E-state index in [-0.39, 0.29) is 18.6 Å². The van der Waals surface area contributed by atoms with Crippen LogP contribution in [0, 0.1) is 11.3 Å². The van der Waals surface area contributed by atoms with Crippen LogP contribution in [0.5, 0.6) is 11.5 Å². The number of hydrogen-bond donors (Lipinski definition) is 2. The highest BCUT2D eigenvalue weighted by atomic mass is 79.9. The first-order valence-corrected chi connectivity index (χ1v) is 12.1. The minimum atomic E-state index is -0.962. The van der Waals surface area contributed by atoms with Crippen molar-refractivity contribution >= 4 is 39.3 Å². The Morgan fingerprint density at radius 2 is 1.80 bits per heavy atom. The van der Waals surface area contributed by atoms with E-state index in [0.29, 0.717) is 46.0 Å². The molecule has 0 radical (unpaired) electrons. The Bertz CT molecular complexity index is 1170. The van der Waals surface area contributed by atoms with Crippen LogP contribution in [0.4, 0.5) is 0 Å². The van der Waals surface area contributed by atoms with Crippen LogP contribution in [0.3, 0.4) is 0 Å². The predicted molar refractivity (Wildman–Crippen MR) is 138 cm³/mol. The lowest BCUT2D eigenvalue weighted by Crippen LogP contribution is -2.51. The Labute approximate surface area is 217 Å². The summed E-state index contributed by atoms with van der Waals surface area (Å²) in [5.41, 5.74) is 0.0842. The van der Waals surface area contributed by atoms with E-state index in [1.807, 2.05) is 0 Å². The molecule has 9 heteroatoms. The first-order chi connectivity index (χ1) is 16.8. The van der Waals surface area contributed by atoms with E-state index in [4.69, 9.17) is 21.1 Å². The molecule has 0 spiro atoms. The van der Waals surface area contributed by atoms with Crippen LogP contribution in [-0.4, -0.2) is 36.6 Å². The standard InChI is InChI=1S/C26H25BrClN3O4/c1-3-11-34-22-8-6-18(27)15-19(22)24(32)30-21(25(33)31-26(16-29)9-10-26)14-17-5-7-23(20(28)13-17)35-12-4-2/h3-8,13,15,21H,1-2,9-12,14H2,(H,30,32)(H,31,33). The van der Waals surface area contributed by atoms with E-state index < -0.39 is 23.4 Å². The molecule has 1 saturated carbocycles. The van der Waals surface area contributed by atoms with Gasteiger partial charge >= 0.3 is 0 Å². The van der Waals surface area contributed by atoms with Gasteiger partial charge in [-0.2, -0.15) is 5.26 Å². The Morgan fingerprint density at radius 3 is 2.40 bits per heavy atom. The van der Waals surface area contributed by atoms with E-state index >= 15 is 0 Å². The first-order valence-electron chi connectivity index (χ1n) is 10.9. The zero-order valence-corrected chi connectivity index (χ0v) is 21.3. The molecule has 35 heavy (non-hydrogen) atoms. The minimum absolute atomic E-state index is 0.150. The fourth-order valence-electron chi connectivity index (χ4n) is 3.28. The van der Waals surface area contributed by atoms with Crippen molar-refractivity contribution in [1.29, 1.82) is 5.26 Å². The molecule has 2 amide bonds. The number of benzene rings is 2. The molecule has 1 fully saturated rings. The fraction of sp³-hybridized carbons (Fsp3) is 0.269. The number of carbonyl (C=O) groups excluding carboxylic acids is 2. The highest BCUT2D eigenvalue weighted by molar-refractivity contribution is 9.10. The molecule has 1 atom stereocenters. The minimum Gasteiger partial charge on any atom is -0.489 e. The van der Waals surface area contributed by atoms with Crippen molar-refractivity contribution < 1.29 is 19.1 Å². The Hall–Kier alpha value is -3.28. The van der Waals surface area contributed by atoms with E-state index in [9.17, 15) is 14.9 Å². The number of amides is 2. The van der Waals surface area contributed by atoms with E-state index in [1.165, 1.54) is 0 Å². The second-order valence-corrected chi connectivity index (χ2v) is 9.34. The molecule has 0 aliphatic heterocycles. The Morgan fingerprint density at radius 1 is 1.14 bits per heavy atom. The second kappa shape index (κ2) is 11.9. The molecular weight excluding hydrogens is 534 g/mol. The number of rotatable bonds is 12. The lowest BCUT2D eigenvalue weighted by atomic mass is 10.0. The smallest absolute Gasteiger partial charge is 0.255 e. The third-order valence-corrected chi connectivity index (χ3v) is 6.07. The normalized spacial score (nSPS) is 14.1. The Kier molecular flexibility index (Phi) is 8.96. The van der Waals surface area contributed by atoms with Crippen LogP contribution in [0.2, 0.25) is 5.02 Å². The molecule has 182 valence electrons. The molecule has 0 saturated heterocycles. The van der Waals surface area contributed by atoms with Crippen LogP contribution >= 0.6 is 27.5 Å². The highest BCUT2D eigenvalue weighted by Gasteiger charge is 2.45. The average molecular weight is 559 g/mol. The summed E-state index contributed by atoms with van der Waals surface area (Å²) in [5, 5.41) is 15.3. The predicted octanol–water partition coefficient (Wildman–Crippen LogP) is 4.75. The van der Waals surface area contributed by atoms with Gasteiger partial charge in [0, 0.05) is 10.9 Å². The van der Waals surface area contributed by atoms with Crippen LogP contribution in [0.25, 0.3) is 0 Å². The molecule has 1 unspecified atom stereocenters. The SMILES string of the molecule is C=CCOc1ccc(CC(NC(=O)c2cc(Br)ccc2OCC=C)C(=O)NC2(C#N)CC2)cc1Cl. The molecule has 0 aromatic heterocycles. The van der Waals surface area contributed by atoms with Crippen LogP contribution in [0.15, 0.2) is 66.2 Å². The molecule has 0 heterocycles. The quantitative estimate of drug-likeness (QED) is 0.366. The van der Waals surface area contributed by atoms with Crippen molar-refractivity contribution in [2.24, 2.45) is 0 Å². The maximum atomic E-state index is 13.2. The number of halogens is 2. The maximum Gasteiger partial charge on any atom is 0.255 e. The van der Waals surface area contributed by atoms with E-state index in [1.54, 1.807) is 48.6 Å². The topological polar surface area (TPSA) is 100 Å². The summed E-state index contributed by atoms with van der Waals surface area (Å²) in [6.07, 6.45) is 4.48. The molecule has 2 aromatic carbocycles. The summed E-state index contributed by atoms with van der Waals surface area (Å²) in [6.45, 7) is 7.76. The lowest BCUT2D eigenvalue weighted by Gasteiger charge is -2.21. The summed E-state index contributed by atoms with van der Waals surface area (Å²) in [6, 6.07) is 11.4. The molecule has 2 aromatic rings. The number of ether oxygens (including phenoxy) is 2. The molecule has 1 aliphatic rings. The fourth-order valence-corrected chi connectivity index (χ4v) is 3.90. The van der Waals surface area contributed by atoms with Gasteiger partial charge in [0.25, 0.3) is 5.91 Å². The van der Waals surface area contributed by atoms with Crippen molar-refractivity contribution in [2.45, 2.75) is 30.8 Å². The molecule has 1 aliphatic carbocycles. The van der Waals surface area contributed by atoms with Gasteiger partial charge in [0.2, 0.25) is 5.91 Å². The van der Waals surface area contributed by atoms with Crippen LogP contribution in [0.1, 0.15) is 28.8 Å². The molecule has 7 nitrogen and oxygen atoms in total. The monoisotopic (exact) mass is 557 g/mol. The van der Waals surface area contributed by atoms with Gasteiger partial charge in [-0.1, -0.05) is 58.9 Å². The summed E-state index contributed by atoms with van der Waals surface area (Å²) in [4.78, 5) is 26.4. The Balaban J connectivity index is 1.85. The second-order valence-electron chi connectivity index (χ2n) is 8.02. The summed E-state index contributed by atoms with van der Waals surface area (Å²) < 4.78 is 11.8. The van der Waals surface area contributed by atoms with E-state index in [2.05, 4.69) is 45.8 Å².